The average Bonchev–Trinajstić information content (AvgIpc) is 2.97. The third-order valence-electron chi connectivity index (χ3n) is 3.65. The Bertz CT molecular complexity index is 882. The third kappa shape index (κ3) is 4.37. The fourth-order valence-corrected chi connectivity index (χ4v) is 2.36. The van der Waals surface area contributed by atoms with Gasteiger partial charge in [0, 0.05) is 5.56 Å². The second-order valence-electron chi connectivity index (χ2n) is 5.60. The molecule has 1 aromatic carbocycles. The molecule has 0 aliphatic carbocycles. The largest absolute Gasteiger partial charge is 0.405 e. The molecule has 0 spiro atoms. The molecule has 0 radical (unpaired) electrons. The topological polar surface area (TPSA) is 113 Å². The molecule has 1 aromatic heterocycles. The summed E-state index contributed by atoms with van der Waals surface area (Å²) in [6.45, 7) is -1.46. The first-order valence-corrected chi connectivity index (χ1v) is 7.61. The number of amides is 4. The molecule has 0 unspecified atom stereocenters. The first kappa shape index (κ1) is 18.3. The number of carbonyl (C=O) groups excluding carboxylic acids is 3. The average molecular weight is 379 g/mol. The van der Waals surface area contributed by atoms with Gasteiger partial charge >= 0.3 is 12.2 Å². The Morgan fingerprint density at radius 3 is 2.33 bits per heavy atom. The lowest BCUT2D eigenvalue weighted by Crippen LogP contribution is -2.34. The van der Waals surface area contributed by atoms with E-state index in [1.165, 1.54) is 6.20 Å². The zero-order valence-electron chi connectivity index (χ0n) is 13.5. The second-order valence-corrected chi connectivity index (χ2v) is 5.60. The number of alkyl halides is 3. The molecule has 1 saturated heterocycles. The summed E-state index contributed by atoms with van der Waals surface area (Å²) in [4.78, 5) is 42.2. The number of hydrogen-bond donors (Lipinski definition) is 3. The third-order valence-corrected chi connectivity index (χ3v) is 3.65. The molecule has 8 nitrogen and oxygen atoms in total. The predicted octanol–water partition coefficient (Wildman–Crippen LogP) is 1.32. The van der Waals surface area contributed by atoms with Crippen LogP contribution in [0.25, 0.3) is 11.3 Å². The van der Waals surface area contributed by atoms with Gasteiger partial charge in [0.25, 0.3) is 11.8 Å². The molecule has 27 heavy (non-hydrogen) atoms. The first-order valence-electron chi connectivity index (χ1n) is 7.61. The molecule has 3 rings (SSSR count). The van der Waals surface area contributed by atoms with Crippen molar-refractivity contribution in [2.75, 3.05) is 6.54 Å². The van der Waals surface area contributed by atoms with Crippen LogP contribution in [0.2, 0.25) is 0 Å². The summed E-state index contributed by atoms with van der Waals surface area (Å²) in [7, 11) is 0. The predicted molar refractivity (Wildman–Crippen MR) is 85.3 cm³/mol. The Labute approximate surface area is 150 Å². The van der Waals surface area contributed by atoms with Crippen LogP contribution in [0.1, 0.15) is 22.1 Å². The van der Waals surface area contributed by atoms with Gasteiger partial charge in [-0.15, -0.1) is 0 Å². The number of urea groups is 1. The Hall–Kier alpha value is -3.50. The Balaban J connectivity index is 1.69. The van der Waals surface area contributed by atoms with Crippen LogP contribution < -0.4 is 16.0 Å². The summed E-state index contributed by atoms with van der Waals surface area (Å²) >= 11 is 0. The van der Waals surface area contributed by atoms with Crippen molar-refractivity contribution in [2.24, 2.45) is 0 Å². The van der Waals surface area contributed by atoms with Crippen LogP contribution in [0.3, 0.4) is 0 Å². The van der Waals surface area contributed by atoms with Crippen molar-refractivity contribution in [1.29, 1.82) is 0 Å². The van der Waals surface area contributed by atoms with Gasteiger partial charge in [0.2, 0.25) is 0 Å². The van der Waals surface area contributed by atoms with Crippen LogP contribution in [0.5, 0.6) is 0 Å². The van der Waals surface area contributed by atoms with E-state index in [0.717, 1.165) is 6.20 Å². The minimum Gasteiger partial charge on any atom is -0.342 e. The quantitative estimate of drug-likeness (QED) is 0.694. The number of aromatic nitrogens is 2. The zero-order chi connectivity index (χ0) is 19.6. The highest BCUT2D eigenvalue weighted by Gasteiger charge is 2.30. The fraction of sp³-hybridized carbons (Fsp3) is 0.188. The molecule has 1 aliphatic rings. The van der Waals surface area contributed by atoms with Gasteiger partial charge in [0.05, 0.1) is 18.1 Å². The van der Waals surface area contributed by atoms with Crippen LogP contribution in [0, 0.1) is 0 Å². The Kier molecular flexibility index (Phi) is 4.75. The number of halogens is 3. The highest BCUT2D eigenvalue weighted by Crippen LogP contribution is 2.22. The van der Waals surface area contributed by atoms with Gasteiger partial charge < -0.3 is 10.6 Å². The fourth-order valence-electron chi connectivity index (χ4n) is 2.36. The number of rotatable bonds is 4. The maximum atomic E-state index is 12.1. The van der Waals surface area contributed by atoms with Crippen molar-refractivity contribution < 1.29 is 27.6 Å². The SMILES string of the molecule is O=C1NC(=O)[C@H](c2ccc(-c3cnc(C(=O)NCC(F)(F)F)cn3)cc2)N1. The molecule has 4 amide bonds. The molecule has 1 fully saturated rings. The van der Waals surface area contributed by atoms with Gasteiger partial charge in [-0.1, -0.05) is 24.3 Å². The zero-order valence-corrected chi connectivity index (χ0v) is 13.5. The smallest absolute Gasteiger partial charge is 0.342 e. The number of nitrogens with one attached hydrogen (secondary N) is 3. The Morgan fingerprint density at radius 2 is 1.81 bits per heavy atom. The maximum absolute atomic E-state index is 12.1. The van der Waals surface area contributed by atoms with Gasteiger partial charge in [-0.25, -0.2) is 9.78 Å². The highest BCUT2D eigenvalue weighted by molar-refractivity contribution is 6.04. The van der Waals surface area contributed by atoms with Crippen LogP contribution >= 0.6 is 0 Å². The maximum Gasteiger partial charge on any atom is 0.405 e. The summed E-state index contributed by atoms with van der Waals surface area (Å²) < 4.78 is 36.3. The number of benzene rings is 1. The molecule has 11 heteroatoms. The monoisotopic (exact) mass is 379 g/mol. The van der Waals surface area contributed by atoms with E-state index in [-0.39, 0.29) is 5.69 Å². The minimum absolute atomic E-state index is 0.245. The lowest BCUT2D eigenvalue weighted by atomic mass is 10.0. The van der Waals surface area contributed by atoms with E-state index in [9.17, 15) is 27.6 Å². The van der Waals surface area contributed by atoms with Gasteiger partial charge in [-0.05, 0) is 5.56 Å². The molecule has 1 aliphatic heterocycles. The summed E-state index contributed by atoms with van der Waals surface area (Å²) in [5.74, 6) is -1.44. The normalized spacial score (nSPS) is 16.6. The summed E-state index contributed by atoms with van der Waals surface area (Å²) in [6, 6.07) is 5.17. The van der Waals surface area contributed by atoms with Crippen LogP contribution in [0.4, 0.5) is 18.0 Å². The highest BCUT2D eigenvalue weighted by atomic mass is 19.4. The Morgan fingerprint density at radius 1 is 1.11 bits per heavy atom. The number of hydrogen-bond acceptors (Lipinski definition) is 5. The van der Waals surface area contributed by atoms with Crippen molar-refractivity contribution in [1.82, 2.24) is 25.9 Å². The van der Waals surface area contributed by atoms with E-state index in [1.807, 2.05) is 0 Å². The van der Waals surface area contributed by atoms with Gasteiger partial charge in [0.15, 0.2) is 0 Å². The van der Waals surface area contributed by atoms with Gasteiger partial charge in [-0.2, -0.15) is 13.2 Å². The van der Waals surface area contributed by atoms with Crippen molar-refractivity contribution in [2.45, 2.75) is 12.2 Å². The summed E-state index contributed by atoms with van der Waals surface area (Å²) in [5.41, 5.74) is 1.32. The molecule has 2 heterocycles. The molecular weight excluding hydrogens is 367 g/mol. The van der Waals surface area contributed by atoms with Crippen LogP contribution in [0.15, 0.2) is 36.7 Å². The number of nitrogens with zero attached hydrogens (tertiary/aromatic N) is 2. The lowest BCUT2D eigenvalue weighted by Gasteiger charge is -2.09. The summed E-state index contributed by atoms with van der Waals surface area (Å²) in [5, 5.41) is 6.30. The molecule has 3 N–H and O–H groups in total. The van der Waals surface area contributed by atoms with E-state index in [1.54, 1.807) is 29.6 Å². The van der Waals surface area contributed by atoms with Crippen molar-refractivity contribution in [3.63, 3.8) is 0 Å². The summed E-state index contributed by atoms with van der Waals surface area (Å²) in [6.07, 6.45) is -2.19. The van der Waals surface area contributed by atoms with E-state index >= 15 is 0 Å². The van der Waals surface area contributed by atoms with E-state index < -0.39 is 36.6 Å². The number of imide groups is 1. The van der Waals surface area contributed by atoms with Gasteiger partial charge in [0.1, 0.15) is 18.3 Å². The molecule has 2 aromatic rings. The number of carbonyl (C=O) groups is 3. The first-order chi connectivity index (χ1) is 12.7. The molecular formula is C16H12F3N5O3. The van der Waals surface area contributed by atoms with Crippen LogP contribution in [-0.2, 0) is 4.79 Å². The molecule has 140 valence electrons. The van der Waals surface area contributed by atoms with E-state index in [2.05, 4.69) is 20.6 Å². The van der Waals surface area contributed by atoms with Crippen molar-refractivity contribution >= 4 is 17.8 Å². The standard InChI is InChI=1S/C16H12F3N5O3/c17-16(18,19)7-22-13(25)11-6-20-10(5-21-11)8-1-3-9(4-2-8)12-14(26)24-15(27)23-12/h1-6,12H,7H2,(H,22,25)(H2,23,24,26,27)/t12-/m0/s1. The van der Waals surface area contributed by atoms with Crippen molar-refractivity contribution in [3.05, 3.63) is 47.9 Å². The second kappa shape index (κ2) is 7.02. The molecule has 0 saturated carbocycles. The molecule has 0 bridgehead atoms. The lowest BCUT2D eigenvalue weighted by molar-refractivity contribution is -0.123. The van der Waals surface area contributed by atoms with E-state index in [0.29, 0.717) is 16.8 Å². The minimum atomic E-state index is -4.51. The van der Waals surface area contributed by atoms with E-state index in [4.69, 9.17) is 0 Å². The van der Waals surface area contributed by atoms with Crippen LogP contribution in [-0.4, -0.2) is 40.5 Å². The van der Waals surface area contributed by atoms with Gasteiger partial charge in [-0.3, -0.25) is 19.9 Å². The molecule has 1 atom stereocenters. The van der Waals surface area contributed by atoms with Crippen molar-refractivity contribution in [3.8, 4) is 11.3 Å².